The van der Waals surface area contributed by atoms with Gasteiger partial charge < -0.3 is 4.90 Å². The summed E-state index contributed by atoms with van der Waals surface area (Å²) in [6.07, 6.45) is 15.5. The average molecular weight is 253 g/mol. The van der Waals surface area contributed by atoms with Crippen LogP contribution < -0.4 is 4.90 Å². The molecule has 98 valence electrons. The topological polar surface area (TPSA) is 20.3 Å². The van der Waals surface area contributed by atoms with E-state index in [2.05, 4.69) is 29.2 Å². The summed E-state index contributed by atoms with van der Waals surface area (Å²) < 4.78 is 0. The highest BCUT2D eigenvalue weighted by Gasteiger charge is 1.92. The second-order valence-corrected chi connectivity index (χ2v) is 4.14. The van der Waals surface area contributed by atoms with Gasteiger partial charge in [-0.15, -0.1) is 0 Å². The van der Waals surface area contributed by atoms with Crippen LogP contribution in [-0.4, -0.2) is 20.4 Å². The van der Waals surface area contributed by atoms with Gasteiger partial charge in [0.2, 0.25) is 0 Å². The summed E-state index contributed by atoms with van der Waals surface area (Å²) in [5.41, 5.74) is 2.36. The Labute approximate surface area is 115 Å². The Hall–Kier alpha value is -2.35. The lowest BCUT2D eigenvalue weighted by Crippen LogP contribution is -2.07. The third-order valence-electron chi connectivity index (χ3n) is 2.44. The molecule has 0 bridgehead atoms. The van der Waals surface area contributed by atoms with Crippen LogP contribution in [0.15, 0.2) is 66.8 Å². The maximum Gasteiger partial charge on any atom is 0.142 e. The maximum atomic E-state index is 10.0. The normalized spacial score (nSPS) is 12.1. The largest absolute Gasteiger partial charge is 0.378 e. The lowest BCUT2D eigenvalue weighted by Gasteiger charge is -2.11. The number of nitrogens with zero attached hydrogens (tertiary/aromatic N) is 1. The fourth-order valence-corrected chi connectivity index (χ4v) is 1.42. The van der Waals surface area contributed by atoms with Crippen LogP contribution in [0.25, 0.3) is 6.08 Å². The molecule has 0 N–H and O–H groups in total. The summed E-state index contributed by atoms with van der Waals surface area (Å²) in [6.45, 7) is 0. The highest BCUT2D eigenvalue weighted by atomic mass is 16.1. The maximum absolute atomic E-state index is 10.0. The minimum Gasteiger partial charge on any atom is -0.378 e. The Balaban J connectivity index is 2.48. The zero-order valence-corrected chi connectivity index (χ0v) is 11.4. The zero-order valence-electron chi connectivity index (χ0n) is 11.4. The van der Waals surface area contributed by atoms with Gasteiger partial charge in [0.1, 0.15) is 6.29 Å². The van der Waals surface area contributed by atoms with Gasteiger partial charge in [-0.25, -0.2) is 0 Å². The van der Waals surface area contributed by atoms with Gasteiger partial charge in [0.05, 0.1) is 0 Å². The van der Waals surface area contributed by atoms with Crippen LogP contribution in [0.5, 0.6) is 0 Å². The van der Waals surface area contributed by atoms with E-state index in [1.807, 2.05) is 50.6 Å². The van der Waals surface area contributed by atoms with Crippen LogP contribution >= 0.6 is 0 Å². The predicted molar refractivity (Wildman–Crippen MR) is 83.3 cm³/mol. The third-order valence-corrected chi connectivity index (χ3v) is 2.44. The molecular weight excluding hydrogens is 234 g/mol. The molecule has 0 saturated heterocycles. The van der Waals surface area contributed by atoms with E-state index in [1.54, 1.807) is 6.08 Å². The number of allylic oxidation sites excluding steroid dienone is 7. The molecule has 0 spiro atoms. The van der Waals surface area contributed by atoms with E-state index in [0.29, 0.717) is 0 Å². The fourth-order valence-electron chi connectivity index (χ4n) is 1.42. The summed E-state index contributed by atoms with van der Waals surface area (Å²) in [5, 5.41) is 0. The molecule has 2 heteroatoms. The molecule has 0 radical (unpaired) electrons. The van der Waals surface area contributed by atoms with Gasteiger partial charge in [0, 0.05) is 19.8 Å². The predicted octanol–water partition coefficient (Wildman–Crippen LogP) is 3.63. The van der Waals surface area contributed by atoms with Crippen LogP contribution in [-0.2, 0) is 4.79 Å². The molecular formula is C17H19NO. The summed E-state index contributed by atoms with van der Waals surface area (Å²) in [5.74, 6) is 0. The monoisotopic (exact) mass is 253 g/mol. The van der Waals surface area contributed by atoms with Gasteiger partial charge in [-0.3, -0.25) is 4.79 Å². The second kappa shape index (κ2) is 8.70. The minimum absolute atomic E-state index is 0.755. The molecule has 2 nitrogen and oxygen atoms in total. The number of carbonyl (C=O) groups excluding carboxylic acids is 1. The van der Waals surface area contributed by atoms with Crippen molar-refractivity contribution < 1.29 is 4.79 Å². The van der Waals surface area contributed by atoms with Crippen molar-refractivity contribution in [2.24, 2.45) is 0 Å². The van der Waals surface area contributed by atoms with Crippen molar-refractivity contribution >= 4 is 18.0 Å². The van der Waals surface area contributed by atoms with Gasteiger partial charge in [-0.1, -0.05) is 54.7 Å². The molecule has 0 saturated carbocycles. The number of hydrogen-bond acceptors (Lipinski definition) is 2. The van der Waals surface area contributed by atoms with Crippen molar-refractivity contribution in [3.8, 4) is 0 Å². The standard InChI is InChI=1S/C17H19NO/c1-18(2)17-13-11-16(12-14-17)10-8-6-4-3-5-7-9-15-19/h3-15H,1-2H3/b5-3+,6-4+,9-7+,10-8+. The molecule has 1 rings (SSSR count). The van der Waals surface area contributed by atoms with Crippen LogP contribution in [0.2, 0.25) is 0 Å². The molecule has 0 heterocycles. The first kappa shape index (κ1) is 14.7. The highest BCUT2D eigenvalue weighted by molar-refractivity contribution is 5.65. The van der Waals surface area contributed by atoms with Crippen molar-refractivity contribution in [2.75, 3.05) is 19.0 Å². The molecule has 0 aliphatic heterocycles. The number of benzene rings is 1. The van der Waals surface area contributed by atoms with Crippen LogP contribution in [0.4, 0.5) is 5.69 Å². The molecule has 0 amide bonds. The fraction of sp³-hybridized carbons (Fsp3) is 0.118. The molecule has 0 aliphatic carbocycles. The van der Waals surface area contributed by atoms with E-state index in [9.17, 15) is 4.79 Å². The minimum atomic E-state index is 0.755. The lowest BCUT2D eigenvalue weighted by molar-refractivity contribution is -0.104. The van der Waals surface area contributed by atoms with Gasteiger partial charge in [-0.2, -0.15) is 0 Å². The summed E-state index contributed by atoms with van der Waals surface area (Å²) in [7, 11) is 4.05. The Bertz CT molecular complexity index is 490. The Morgan fingerprint density at radius 2 is 1.32 bits per heavy atom. The van der Waals surface area contributed by atoms with Gasteiger partial charge in [0.25, 0.3) is 0 Å². The molecule has 0 atom stereocenters. The van der Waals surface area contributed by atoms with E-state index in [0.717, 1.165) is 6.29 Å². The first-order chi connectivity index (χ1) is 9.24. The van der Waals surface area contributed by atoms with E-state index in [4.69, 9.17) is 0 Å². The molecule has 1 aromatic rings. The molecule has 19 heavy (non-hydrogen) atoms. The van der Waals surface area contributed by atoms with Gasteiger partial charge >= 0.3 is 0 Å². The molecule has 0 fully saturated rings. The zero-order chi connectivity index (χ0) is 13.9. The summed E-state index contributed by atoms with van der Waals surface area (Å²) >= 11 is 0. The Morgan fingerprint density at radius 3 is 1.84 bits per heavy atom. The number of hydrogen-bond donors (Lipinski definition) is 0. The Kier molecular flexibility index (Phi) is 6.73. The van der Waals surface area contributed by atoms with Crippen molar-refractivity contribution in [2.45, 2.75) is 0 Å². The van der Waals surface area contributed by atoms with E-state index >= 15 is 0 Å². The van der Waals surface area contributed by atoms with Crippen LogP contribution in [0.3, 0.4) is 0 Å². The van der Waals surface area contributed by atoms with Crippen molar-refractivity contribution in [3.05, 3.63) is 72.4 Å². The van der Waals surface area contributed by atoms with E-state index < -0.39 is 0 Å². The van der Waals surface area contributed by atoms with Crippen molar-refractivity contribution in [1.29, 1.82) is 0 Å². The van der Waals surface area contributed by atoms with Crippen molar-refractivity contribution in [1.82, 2.24) is 0 Å². The van der Waals surface area contributed by atoms with Gasteiger partial charge in [-0.05, 0) is 23.8 Å². The molecule has 0 unspecified atom stereocenters. The Morgan fingerprint density at radius 1 is 0.789 bits per heavy atom. The quantitative estimate of drug-likeness (QED) is 0.438. The van der Waals surface area contributed by atoms with Gasteiger partial charge in [0.15, 0.2) is 0 Å². The lowest BCUT2D eigenvalue weighted by atomic mass is 10.2. The second-order valence-electron chi connectivity index (χ2n) is 4.14. The number of rotatable bonds is 6. The third kappa shape index (κ3) is 6.22. The SMILES string of the molecule is CN(C)c1ccc(/C=C/C=C/C=C/C=C/C=O)cc1. The first-order valence-electron chi connectivity index (χ1n) is 6.13. The summed E-state index contributed by atoms with van der Waals surface area (Å²) in [6, 6.07) is 8.35. The number of carbonyl (C=O) groups is 1. The highest BCUT2D eigenvalue weighted by Crippen LogP contribution is 2.13. The number of aldehydes is 1. The van der Waals surface area contributed by atoms with Crippen LogP contribution in [0, 0.1) is 0 Å². The summed E-state index contributed by atoms with van der Waals surface area (Å²) in [4.78, 5) is 12.1. The molecule has 0 aliphatic rings. The van der Waals surface area contributed by atoms with Crippen molar-refractivity contribution in [3.63, 3.8) is 0 Å². The number of anilines is 1. The van der Waals surface area contributed by atoms with E-state index in [-0.39, 0.29) is 0 Å². The first-order valence-corrected chi connectivity index (χ1v) is 6.13. The van der Waals surface area contributed by atoms with E-state index in [1.165, 1.54) is 17.3 Å². The molecule has 1 aromatic carbocycles. The average Bonchev–Trinajstić information content (AvgIpc) is 2.42. The van der Waals surface area contributed by atoms with Crippen LogP contribution in [0.1, 0.15) is 5.56 Å². The molecule has 0 aromatic heterocycles. The smallest absolute Gasteiger partial charge is 0.142 e.